The number of benzene rings is 2. The van der Waals surface area contributed by atoms with Crippen LogP contribution in [0.1, 0.15) is 0 Å². The molecule has 2 aliphatic rings. The quantitative estimate of drug-likeness (QED) is 0.465. The van der Waals surface area contributed by atoms with Gasteiger partial charge >= 0.3 is 0 Å². The van der Waals surface area contributed by atoms with E-state index in [4.69, 9.17) is 9.47 Å². The fourth-order valence-corrected chi connectivity index (χ4v) is 5.32. The number of thiophene rings is 1. The standard InChI is InChI=1S/C25H22N4O3S/c30-25(21-14-31-19-8-4-5-9-20(19)32-21)29-12-10-28(11-13-29)23-22-18(17-6-2-1-3-7-17)15-33-24(22)27-16-26-23/h1-9,15-16,21H,10-14H2/t21-/m0/s1. The van der Waals surface area contributed by atoms with Gasteiger partial charge in [-0.3, -0.25) is 4.79 Å². The van der Waals surface area contributed by atoms with Crippen molar-refractivity contribution in [1.82, 2.24) is 14.9 Å². The second kappa shape index (κ2) is 8.37. The van der Waals surface area contributed by atoms with Crippen molar-refractivity contribution in [3.8, 4) is 22.6 Å². The number of hydrogen-bond acceptors (Lipinski definition) is 7. The van der Waals surface area contributed by atoms with Gasteiger partial charge in [-0.1, -0.05) is 42.5 Å². The molecule has 2 aromatic carbocycles. The molecule has 4 heterocycles. The van der Waals surface area contributed by atoms with Gasteiger partial charge < -0.3 is 19.3 Å². The summed E-state index contributed by atoms with van der Waals surface area (Å²) in [6, 6.07) is 17.8. The molecule has 0 aliphatic carbocycles. The number of anilines is 1. The molecule has 1 saturated heterocycles. The maximum Gasteiger partial charge on any atom is 0.267 e. The molecule has 6 rings (SSSR count). The van der Waals surface area contributed by atoms with Gasteiger partial charge in [-0.25, -0.2) is 9.97 Å². The van der Waals surface area contributed by atoms with Crippen LogP contribution in [-0.2, 0) is 4.79 Å². The summed E-state index contributed by atoms with van der Waals surface area (Å²) in [4.78, 5) is 27.3. The molecule has 0 N–H and O–H groups in total. The number of hydrogen-bond donors (Lipinski definition) is 0. The van der Waals surface area contributed by atoms with Gasteiger partial charge in [0.2, 0.25) is 6.10 Å². The maximum atomic E-state index is 13.1. The van der Waals surface area contributed by atoms with Crippen LogP contribution >= 0.6 is 11.3 Å². The van der Waals surface area contributed by atoms with Crippen LogP contribution in [0.3, 0.4) is 0 Å². The minimum Gasteiger partial charge on any atom is -0.485 e. The Bertz CT molecular complexity index is 1300. The molecule has 0 radical (unpaired) electrons. The van der Waals surface area contributed by atoms with Gasteiger partial charge in [0.1, 0.15) is 23.6 Å². The zero-order chi connectivity index (χ0) is 22.2. The summed E-state index contributed by atoms with van der Waals surface area (Å²) in [6.07, 6.45) is 1.02. The van der Waals surface area contributed by atoms with E-state index in [0.717, 1.165) is 27.2 Å². The van der Waals surface area contributed by atoms with Crippen molar-refractivity contribution in [1.29, 1.82) is 0 Å². The smallest absolute Gasteiger partial charge is 0.267 e. The number of amides is 1. The van der Waals surface area contributed by atoms with E-state index in [0.29, 0.717) is 37.7 Å². The molecule has 2 aromatic heterocycles. The average Bonchev–Trinajstić information content (AvgIpc) is 3.33. The Morgan fingerprint density at radius 2 is 1.70 bits per heavy atom. The third-order valence-electron chi connectivity index (χ3n) is 6.11. The molecule has 2 aliphatic heterocycles. The summed E-state index contributed by atoms with van der Waals surface area (Å²) in [7, 11) is 0. The summed E-state index contributed by atoms with van der Waals surface area (Å²) in [5, 5.41) is 3.23. The third kappa shape index (κ3) is 3.66. The van der Waals surface area contributed by atoms with Crippen molar-refractivity contribution in [3.05, 3.63) is 66.3 Å². The number of fused-ring (bicyclic) bond motifs is 2. The van der Waals surface area contributed by atoms with Crippen LogP contribution in [0.25, 0.3) is 21.3 Å². The minimum atomic E-state index is -0.612. The summed E-state index contributed by atoms with van der Waals surface area (Å²) in [5.41, 5.74) is 2.31. The molecular formula is C25H22N4O3S. The lowest BCUT2D eigenvalue weighted by molar-refractivity contribution is -0.141. The van der Waals surface area contributed by atoms with Crippen molar-refractivity contribution < 1.29 is 14.3 Å². The summed E-state index contributed by atoms with van der Waals surface area (Å²) in [6.45, 7) is 2.85. The van der Waals surface area contributed by atoms with Gasteiger partial charge in [0.15, 0.2) is 11.5 Å². The number of aromatic nitrogens is 2. The van der Waals surface area contributed by atoms with E-state index in [2.05, 4.69) is 32.4 Å². The Hall–Kier alpha value is -3.65. The van der Waals surface area contributed by atoms with Gasteiger partial charge in [0, 0.05) is 37.1 Å². The molecule has 8 heteroatoms. The average molecular weight is 459 g/mol. The van der Waals surface area contributed by atoms with Crippen molar-refractivity contribution >= 4 is 33.3 Å². The Balaban J connectivity index is 1.19. The molecule has 1 fully saturated rings. The fraction of sp³-hybridized carbons (Fsp3) is 0.240. The normalized spacial score (nSPS) is 17.9. The summed E-state index contributed by atoms with van der Waals surface area (Å²) < 4.78 is 11.7. The highest BCUT2D eigenvalue weighted by Gasteiger charge is 2.33. The number of carbonyl (C=O) groups excluding carboxylic acids is 1. The molecule has 1 amide bonds. The molecule has 0 spiro atoms. The van der Waals surface area contributed by atoms with Crippen molar-refractivity contribution in [2.75, 3.05) is 37.7 Å². The SMILES string of the molecule is O=C([C@@H]1COc2ccccc2O1)N1CCN(c2ncnc3scc(-c4ccccc4)c23)CC1. The molecule has 0 unspecified atom stereocenters. The Labute approximate surface area is 195 Å². The first-order chi connectivity index (χ1) is 16.3. The van der Waals surface area contributed by atoms with Gasteiger partial charge in [-0.15, -0.1) is 11.3 Å². The first-order valence-corrected chi connectivity index (χ1v) is 11.9. The van der Waals surface area contributed by atoms with E-state index >= 15 is 0 Å². The lowest BCUT2D eigenvalue weighted by atomic mass is 10.1. The predicted molar refractivity (Wildman–Crippen MR) is 128 cm³/mol. The molecule has 0 bridgehead atoms. The molecule has 7 nitrogen and oxygen atoms in total. The summed E-state index contributed by atoms with van der Waals surface area (Å²) >= 11 is 1.63. The molecule has 33 heavy (non-hydrogen) atoms. The first-order valence-electron chi connectivity index (χ1n) is 11.0. The van der Waals surface area contributed by atoms with Crippen LogP contribution in [-0.4, -0.2) is 59.7 Å². The van der Waals surface area contributed by atoms with E-state index in [9.17, 15) is 4.79 Å². The van der Waals surface area contributed by atoms with Gasteiger partial charge in [0.05, 0.1) is 5.39 Å². The second-order valence-corrected chi connectivity index (χ2v) is 8.93. The van der Waals surface area contributed by atoms with Crippen molar-refractivity contribution in [2.24, 2.45) is 0 Å². The van der Waals surface area contributed by atoms with Gasteiger partial charge in [-0.2, -0.15) is 0 Å². The molecular weight excluding hydrogens is 436 g/mol. The van der Waals surface area contributed by atoms with E-state index in [1.807, 2.05) is 47.4 Å². The van der Waals surface area contributed by atoms with E-state index in [1.165, 1.54) is 0 Å². The number of carbonyl (C=O) groups is 1. The highest BCUT2D eigenvalue weighted by Crippen LogP contribution is 2.38. The topological polar surface area (TPSA) is 67.8 Å². The van der Waals surface area contributed by atoms with Crippen LogP contribution in [0, 0.1) is 0 Å². The Morgan fingerprint density at radius 1 is 0.939 bits per heavy atom. The zero-order valence-electron chi connectivity index (χ0n) is 17.9. The third-order valence-corrected chi connectivity index (χ3v) is 7.00. The number of nitrogens with zero attached hydrogens (tertiary/aromatic N) is 4. The molecule has 0 saturated carbocycles. The predicted octanol–water partition coefficient (Wildman–Crippen LogP) is 3.85. The van der Waals surface area contributed by atoms with E-state index in [-0.39, 0.29) is 12.5 Å². The van der Waals surface area contributed by atoms with Crippen LogP contribution < -0.4 is 14.4 Å². The number of piperazine rings is 1. The Kier molecular flexibility index (Phi) is 5.07. The number of para-hydroxylation sites is 2. The zero-order valence-corrected chi connectivity index (χ0v) is 18.7. The van der Waals surface area contributed by atoms with Crippen LogP contribution in [0.15, 0.2) is 66.3 Å². The molecule has 1 atom stereocenters. The van der Waals surface area contributed by atoms with Crippen LogP contribution in [0.2, 0.25) is 0 Å². The largest absolute Gasteiger partial charge is 0.485 e. The monoisotopic (exact) mass is 458 g/mol. The summed E-state index contributed by atoms with van der Waals surface area (Å²) in [5.74, 6) is 2.20. The first kappa shape index (κ1) is 20.0. The highest BCUT2D eigenvalue weighted by molar-refractivity contribution is 7.17. The number of rotatable bonds is 3. The van der Waals surface area contributed by atoms with Crippen LogP contribution in [0.5, 0.6) is 11.5 Å². The lowest BCUT2D eigenvalue weighted by Crippen LogP contribution is -2.54. The highest BCUT2D eigenvalue weighted by atomic mass is 32.1. The van der Waals surface area contributed by atoms with Crippen molar-refractivity contribution in [3.63, 3.8) is 0 Å². The van der Waals surface area contributed by atoms with E-state index < -0.39 is 6.10 Å². The van der Waals surface area contributed by atoms with Crippen LogP contribution in [0.4, 0.5) is 5.82 Å². The van der Waals surface area contributed by atoms with Gasteiger partial charge in [0.25, 0.3) is 5.91 Å². The van der Waals surface area contributed by atoms with E-state index in [1.54, 1.807) is 17.7 Å². The molecule has 166 valence electrons. The fourth-order valence-electron chi connectivity index (χ4n) is 4.41. The second-order valence-electron chi connectivity index (χ2n) is 8.07. The van der Waals surface area contributed by atoms with Gasteiger partial charge in [-0.05, 0) is 17.7 Å². The number of ether oxygens (including phenoxy) is 2. The lowest BCUT2D eigenvalue weighted by Gasteiger charge is -2.37. The maximum absolute atomic E-state index is 13.1. The molecule has 4 aromatic rings. The Morgan fingerprint density at radius 3 is 2.52 bits per heavy atom. The minimum absolute atomic E-state index is 0.0301. The van der Waals surface area contributed by atoms with Crippen molar-refractivity contribution in [2.45, 2.75) is 6.10 Å².